The Hall–Kier alpha value is -3.25. The molecule has 0 atom stereocenters. The number of likely N-dealkylation sites (tertiary alicyclic amines) is 1. The first-order chi connectivity index (χ1) is 14.8. The number of nitrogens with one attached hydrogen (secondary N) is 2. The SMILES string of the molecule is O=C(NCc1cccnc1)c1cccc(NC2CCN(Cc3ccccc3)CC2)n1. The Bertz CT molecular complexity index is 940. The highest BCUT2D eigenvalue weighted by atomic mass is 16.1. The highest BCUT2D eigenvalue weighted by molar-refractivity contribution is 5.92. The number of hydrogen-bond acceptors (Lipinski definition) is 5. The first-order valence-electron chi connectivity index (χ1n) is 10.4. The van der Waals surface area contributed by atoms with Crippen LogP contribution < -0.4 is 10.6 Å². The first kappa shape index (κ1) is 20.0. The van der Waals surface area contributed by atoms with Crippen LogP contribution in [0.5, 0.6) is 0 Å². The molecule has 30 heavy (non-hydrogen) atoms. The molecule has 0 unspecified atom stereocenters. The fourth-order valence-electron chi connectivity index (χ4n) is 3.70. The van der Waals surface area contributed by atoms with E-state index in [-0.39, 0.29) is 5.91 Å². The summed E-state index contributed by atoms with van der Waals surface area (Å²) in [7, 11) is 0. The summed E-state index contributed by atoms with van der Waals surface area (Å²) in [5, 5.41) is 6.41. The summed E-state index contributed by atoms with van der Waals surface area (Å²) in [6, 6.07) is 20.3. The topological polar surface area (TPSA) is 70.2 Å². The van der Waals surface area contributed by atoms with Crippen LogP contribution in [0.3, 0.4) is 0 Å². The minimum Gasteiger partial charge on any atom is -0.367 e. The molecule has 1 aliphatic rings. The van der Waals surface area contributed by atoms with Gasteiger partial charge in [-0.1, -0.05) is 42.5 Å². The van der Waals surface area contributed by atoms with Crippen molar-refractivity contribution in [3.63, 3.8) is 0 Å². The van der Waals surface area contributed by atoms with Crippen LogP contribution in [0.1, 0.15) is 34.5 Å². The second-order valence-electron chi connectivity index (χ2n) is 7.63. The van der Waals surface area contributed by atoms with E-state index < -0.39 is 0 Å². The number of carbonyl (C=O) groups excluding carboxylic acids is 1. The molecule has 3 heterocycles. The van der Waals surface area contributed by atoms with Crippen molar-refractivity contribution in [1.29, 1.82) is 0 Å². The number of amides is 1. The van der Waals surface area contributed by atoms with Crippen molar-refractivity contribution in [3.05, 3.63) is 89.9 Å². The Morgan fingerprint density at radius 2 is 1.77 bits per heavy atom. The van der Waals surface area contributed by atoms with E-state index >= 15 is 0 Å². The summed E-state index contributed by atoms with van der Waals surface area (Å²) in [6.45, 7) is 3.54. The van der Waals surface area contributed by atoms with E-state index in [1.165, 1.54) is 5.56 Å². The lowest BCUT2D eigenvalue weighted by atomic mass is 10.0. The Kier molecular flexibility index (Phi) is 6.67. The lowest BCUT2D eigenvalue weighted by molar-refractivity contribution is 0.0946. The Balaban J connectivity index is 1.27. The normalized spacial score (nSPS) is 14.9. The van der Waals surface area contributed by atoms with Crippen LogP contribution in [0.4, 0.5) is 5.82 Å². The van der Waals surface area contributed by atoms with Crippen molar-refractivity contribution in [2.45, 2.75) is 32.0 Å². The van der Waals surface area contributed by atoms with E-state index in [1.807, 2.05) is 24.3 Å². The number of nitrogens with zero attached hydrogens (tertiary/aromatic N) is 3. The van der Waals surface area contributed by atoms with Gasteiger partial charge in [0.2, 0.25) is 0 Å². The average molecular weight is 402 g/mol. The maximum atomic E-state index is 12.5. The number of rotatable bonds is 7. The van der Waals surface area contributed by atoms with Gasteiger partial charge in [0.15, 0.2) is 0 Å². The maximum absolute atomic E-state index is 12.5. The predicted molar refractivity (Wildman–Crippen MR) is 118 cm³/mol. The van der Waals surface area contributed by atoms with Crippen LogP contribution in [0.25, 0.3) is 0 Å². The van der Waals surface area contributed by atoms with Gasteiger partial charge in [-0.15, -0.1) is 0 Å². The lowest BCUT2D eigenvalue weighted by Crippen LogP contribution is -2.38. The number of benzene rings is 1. The second-order valence-corrected chi connectivity index (χ2v) is 7.63. The Morgan fingerprint density at radius 3 is 2.53 bits per heavy atom. The molecule has 1 aromatic carbocycles. The molecule has 2 aromatic heterocycles. The Labute approximate surface area is 177 Å². The van der Waals surface area contributed by atoms with Crippen LogP contribution in [0, 0.1) is 0 Å². The molecule has 1 amide bonds. The fourth-order valence-corrected chi connectivity index (χ4v) is 3.70. The van der Waals surface area contributed by atoms with Crippen LogP contribution in [0.15, 0.2) is 73.1 Å². The number of pyridine rings is 2. The van der Waals surface area contributed by atoms with Gasteiger partial charge in [0.05, 0.1) is 0 Å². The van der Waals surface area contributed by atoms with E-state index in [9.17, 15) is 4.79 Å². The van der Waals surface area contributed by atoms with Crippen molar-refractivity contribution in [2.24, 2.45) is 0 Å². The van der Waals surface area contributed by atoms with Crippen molar-refractivity contribution < 1.29 is 4.79 Å². The highest BCUT2D eigenvalue weighted by Crippen LogP contribution is 2.17. The van der Waals surface area contributed by atoms with Crippen LogP contribution >= 0.6 is 0 Å². The molecule has 0 saturated carbocycles. The molecule has 3 aromatic rings. The zero-order valence-corrected chi connectivity index (χ0v) is 17.0. The average Bonchev–Trinajstić information content (AvgIpc) is 2.80. The summed E-state index contributed by atoms with van der Waals surface area (Å²) in [6.07, 6.45) is 5.59. The zero-order chi connectivity index (χ0) is 20.6. The summed E-state index contributed by atoms with van der Waals surface area (Å²) in [5.74, 6) is 0.575. The standard InChI is InChI=1S/C24H27N5O/c30-24(26-17-20-8-5-13-25-16-20)22-9-4-10-23(28-22)27-21-11-14-29(15-12-21)18-19-6-2-1-3-7-19/h1-10,13,16,21H,11-12,14-15,17-18H2,(H,26,30)(H,27,28). The van der Waals surface area contributed by atoms with Gasteiger partial charge in [0.1, 0.15) is 11.5 Å². The fraction of sp³-hybridized carbons (Fsp3) is 0.292. The first-order valence-corrected chi connectivity index (χ1v) is 10.4. The van der Waals surface area contributed by atoms with Gasteiger partial charge in [-0.2, -0.15) is 0 Å². The molecule has 0 aliphatic carbocycles. The van der Waals surface area contributed by atoms with E-state index in [2.05, 4.69) is 55.8 Å². The molecule has 6 heteroatoms. The third kappa shape index (κ3) is 5.64. The number of aromatic nitrogens is 2. The van der Waals surface area contributed by atoms with Gasteiger partial charge in [-0.25, -0.2) is 4.98 Å². The van der Waals surface area contributed by atoms with Crippen molar-refractivity contribution in [3.8, 4) is 0 Å². The van der Waals surface area contributed by atoms with Crippen LogP contribution in [-0.4, -0.2) is 39.9 Å². The van der Waals surface area contributed by atoms with E-state index in [4.69, 9.17) is 0 Å². The van der Waals surface area contributed by atoms with Crippen LogP contribution in [-0.2, 0) is 13.1 Å². The Morgan fingerprint density at radius 1 is 0.967 bits per heavy atom. The van der Waals surface area contributed by atoms with Crippen LogP contribution in [0.2, 0.25) is 0 Å². The van der Waals surface area contributed by atoms with Gasteiger partial charge in [0, 0.05) is 44.6 Å². The van der Waals surface area contributed by atoms with Crippen molar-refractivity contribution >= 4 is 11.7 Å². The highest BCUT2D eigenvalue weighted by Gasteiger charge is 2.19. The summed E-state index contributed by atoms with van der Waals surface area (Å²) < 4.78 is 0. The summed E-state index contributed by atoms with van der Waals surface area (Å²) >= 11 is 0. The second kappa shape index (κ2) is 9.98. The van der Waals surface area contributed by atoms with Gasteiger partial charge >= 0.3 is 0 Å². The number of piperidine rings is 1. The molecule has 154 valence electrons. The number of carbonyl (C=O) groups is 1. The third-order valence-electron chi connectivity index (χ3n) is 5.35. The number of hydrogen-bond donors (Lipinski definition) is 2. The quantitative estimate of drug-likeness (QED) is 0.634. The monoisotopic (exact) mass is 401 g/mol. The van der Waals surface area contributed by atoms with E-state index in [1.54, 1.807) is 18.5 Å². The molecule has 6 nitrogen and oxygen atoms in total. The lowest BCUT2D eigenvalue weighted by Gasteiger charge is -2.32. The maximum Gasteiger partial charge on any atom is 0.270 e. The molecule has 0 bridgehead atoms. The molecule has 4 rings (SSSR count). The van der Waals surface area contributed by atoms with E-state index in [0.717, 1.165) is 43.9 Å². The molecular formula is C24H27N5O. The largest absolute Gasteiger partial charge is 0.367 e. The molecule has 1 saturated heterocycles. The van der Waals surface area contributed by atoms with E-state index in [0.29, 0.717) is 18.3 Å². The van der Waals surface area contributed by atoms with Gasteiger partial charge in [-0.05, 0) is 42.2 Å². The number of anilines is 1. The molecule has 0 radical (unpaired) electrons. The minimum atomic E-state index is -0.180. The smallest absolute Gasteiger partial charge is 0.270 e. The van der Waals surface area contributed by atoms with Crippen molar-refractivity contribution in [1.82, 2.24) is 20.2 Å². The predicted octanol–water partition coefficient (Wildman–Crippen LogP) is 3.48. The van der Waals surface area contributed by atoms with Gasteiger partial charge in [0.25, 0.3) is 5.91 Å². The minimum absolute atomic E-state index is 0.180. The molecule has 1 aliphatic heterocycles. The van der Waals surface area contributed by atoms with Gasteiger partial charge in [-0.3, -0.25) is 14.7 Å². The third-order valence-corrected chi connectivity index (χ3v) is 5.35. The molecule has 0 spiro atoms. The van der Waals surface area contributed by atoms with Gasteiger partial charge < -0.3 is 10.6 Å². The summed E-state index contributed by atoms with van der Waals surface area (Å²) in [5.41, 5.74) is 2.74. The molecule has 2 N–H and O–H groups in total. The zero-order valence-electron chi connectivity index (χ0n) is 17.0. The summed E-state index contributed by atoms with van der Waals surface area (Å²) in [4.78, 5) is 23.5. The van der Waals surface area contributed by atoms with Crippen molar-refractivity contribution in [2.75, 3.05) is 18.4 Å². The molecule has 1 fully saturated rings. The molecular weight excluding hydrogens is 374 g/mol.